The number of benzene rings is 2. The fraction of sp³-hybridized carbons (Fsp3) is 0.463. The van der Waals surface area contributed by atoms with Gasteiger partial charge in [-0.25, -0.2) is 19.6 Å². The van der Waals surface area contributed by atoms with Crippen molar-refractivity contribution in [2.75, 3.05) is 41.5 Å². The summed E-state index contributed by atoms with van der Waals surface area (Å²) in [5.74, 6) is 0.833. The minimum atomic E-state index is -0.920. The Kier molecular flexibility index (Phi) is 12.6. The molecule has 6 atom stereocenters. The van der Waals surface area contributed by atoms with Crippen LogP contribution in [0.4, 0.5) is 9.59 Å². The summed E-state index contributed by atoms with van der Waals surface area (Å²) in [4.78, 5) is 71.3. The molecule has 16 heteroatoms. The molecule has 2 saturated heterocycles. The molecular formula is C41H52N8O8. The van der Waals surface area contributed by atoms with Gasteiger partial charge < -0.3 is 49.3 Å². The quantitative estimate of drug-likeness (QED) is 0.141. The van der Waals surface area contributed by atoms with Crippen molar-refractivity contribution in [3.8, 4) is 33.6 Å². The smallest absolute Gasteiger partial charge is 0.407 e. The van der Waals surface area contributed by atoms with Gasteiger partial charge in [-0.3, -0.25) is 9.59 Å². The van der Waals surface area contributed by atoms with E-state index >= 15 is 0 Å². The zero-order valence-electron chi connectivity index (χ0n) is 33.5. The van der Waals surface area contributed by atoms with E-state index < -0.39 is 42.0 Å². The lowest BCUT2D eigenvalue weighted by Gasteiger charge is -2.37. The summed E-state index contributed by atoms with van der Waals surface area (Å²) in [6.45, 7) is 6.50. The molecule has 0 saturated carbocycles. The first-order valence-electron chi connectivity index (χ1n) is 19.1. The number of rotatable bonds is 13. The van der Waals surface area contributed by atoms with Crippen LogP contribution in [0.25, 0.3) is 33.6 Å². The van der Waals surface area contributed by atoms with Crippen LogP contribution in [0.2, 0.25) is 0 Å². The third-order valence-electron chi connectivity index (χ3n) is 11.3. The minimum absolute atomic E-state index is 0.252. The molecule has 0 aliphatic carbocycles. The second-order valence-corrected chi connectivity index (χ2v) is 14.6. The summed E-state index contributed by atoms with van der Waals surface area (Å²) >= 11 is 0. The number of likely N-dealkylation sites (tertiary alicyclic amines) is 2. The Morgan fingerprint density at radius 2 is 1.23 bits per heavy atom. The van der Waals surface area contributed by atoms with Gasteiger partial charge in [0.25, 0.3) is 0 Å². The Hall–Kier alpha value is -5.74. The van der Waals surface area contributed by atoms with Crippen LogP contribution in [-0.2, 0) is 34.1 Å². The van der Waals surface area contributed by atoms with Crippen molar-refractivity contribution < 1.29 is 38.1 Å². The summed E-state index contributed by atoms with van der Waals surface area (Å²) < 4.78 is 20.3. The van der Waals surface area contributed by atoms with Crippen LogP contribution in [0.3, 0.4) is 0 Å². The number of alkyl carbamates (subject to hydrolysis) is 2. The van der Waals surface area contributed by atoms with E-state index in [0.717, 1.165) is 52.9 Å². The average molecular weight is 785 g/mol. The second kappa shape index (κ2) is 17.6. The number of ether oxygens (including phenoxy) is 4. The Balaban J connectivity index is 1.13. The molecule has 2 aromatic heterocycles. The van der Waals surface area contributed by atoms with Crippen LogP contribution in [0.5, 0.6) is 0 Å². The van der Waals surface area contributed by atoms with E-state index in [-0.39, 0.29) is 17.9 Å². The molecule has 4 aromatic rings. The maximum atomic E-state index is 13.8. The lowest BCUT2D eigenvalue weighted by molar-refractivity contribution is -0.141. The molecule has 0 bridgehead atoms. The predicted molar refractivity (Wildman–Crippen MR) is 211 cm³/mol. The number of amides is 4. The molecule has 2 aliphatic heterocycles. The largest absolute Gasteiger partial charge is 0.453 e. The number of aromatic nitrogens is 4. The van der Waals surface area contributed by atoms with Gasteiger partial charge in [0.05, 0.1) is 61.8 Å². The lowest BCUT2D eigenvalue weighted by Crippen LogP contribution is -2.57. The van der Waals surface area contributed by atoms with Crippen molar-refractivity contribution in [3.05, 3.63) is 72.6 Å². The van der Waals surface area contributed by atoms with Crippen molar-refractivity contribution in [2.24, 2.45) is 0 Å². The fourth-order valence-electron chi connectivity index (χ4n) is 7.71. The molecule has 0 spiro atoms. The van der Waals surface area contributed by atoms with Crippen molar-refractivity contribution in [3.63, 3.8) is 0 Å². The standard InChI is InChI=1S/C41H52N8O8/c1-24(54-4)33(46-39(52)56-6)36(50)48-20-8-10-32(48)35-42-22-30(44-35)28-15-11-26(12-16-28)27-13-17-29(18-14-27)31-23-43-38(45-31)41(3)19-9-21-49(41)37(51)34(25(2)55-5)47-40(53)57-7/h11-18,22-25,32-34H,8-10,19-21H2,1-7H3,(H,42,44)(H,43,45)(H,46,52)(H,47,53)/t24-,25-,32?,33+,34+,41-/m1/s1. The van der Waals surface area contributed by atoms with E-state index in [2.05, 4.69) is 49.9 Å². The first kappa shape index (κ1) is 40.9. The molecule has 6 rings (SSSR count). The third-order valence-corrected chi connectivity index (χ3v) is 11.3. The molecule has 4 N–H and O–H groups in total. The highest BCUT2D eigenvalue weighted by Crippen LogP contribution is 2.39. The Bertz CT molecular complexity index is 2030. The van der Waals surface area contributed by atoms with Gasteiger partial charge in [0.1, 0.15) is 23.7 Å². The van der Waals surface area contributed by atoms with Crippen LogP contribution >= 0.6 is 0 Å². The van der Waals surface area contributed by atoms with Gasteiger partial charge in [-0.2, -0.15) is 0 Å². The van der Waals surface area contributed by atoms with E-state index in [1.807, 2.05) is 31.2 Å². The highest BCUT2D eigenvalue weighted by molar-refractivity contribution is 5.88. The Labute approximate surface area is 332 Å². The zero-order chi connectivity index (χ0) is 40.9. The average Bonchev–Trinajstić information content (AvgIpc) is 4.08. The zero-order valence-corrected chi connectivity index (χ0v) is 33.5. The van der Waals surface area contributed by atoms with Crippen molar-refractivity contribution in [2.45, 2.75) is 82.3 Å². The third kappa shape index (κ3) is 8.51. The van der Waals surface area contributed by atoms with Crippen LogP contribution in [0.15, 0.2) is 60.9 Å². The normalized spacial score (nSPS) is 20.1. The van der Waals surface area contributed by atoms with E-state index in [1.165, 1.54) is 28.4 Å². The van der Waals surface area contributed by atoms with Gasteiger partial charge in [0, 0.05) is 27.3 Å². The number of carbonyl (C=O) groups is 4. The molecule has 16 nitrogen and oxygen atoms in total. The van der Waals surface area contributed by atoms with Crippen molar-refractivity contribution in [1.82, 2.24) is 40.4 Å². The van der Waals surface area contributed by atoms with Gasteiger partial charge in [0.15, 0.2) is 0 Å². The molecule has 0 radical (unpaired) electrons. The van der Waals surface area contributed by atoms with Crippen LogP contribution in [0, 0.1) is 0 Å². The van der Waals surface area contributed by atoms with Gasteiger partial charge in [-0.05, 0) is 68.7 Å². The summed E-state index contributed by atoms with van der Waals surface area (Å²) in [6.07, 6.45) is 4.06. The molecule has 2 aliphatic rings. The predicted octanol–water partition coefficient (Wildman–Crippen LogP) is 5.15. The highest BCUT2D eigenvalue weighted by atomic mass is 16.5. The van der Waals surface area contributed by atoms with E-state index in [0.29, 0.717) is 31.2 Å². The van der Waals surface area contributed by atoms with Gasteiger partial charge in [0.2, 0.25) is 11.8 Å². The number of aromatic amines is 2. The lowest BCUT2D eigenvalue weighted by atomic mass is 9.96. The number of hydrogen-bond acceptors (Lipinski definition) is 10. The highest BCUT2D eigenvalue weighted by Gasteiger charge is 2.46. The molecule has 4 amide bonds. The number of nitrogens with zero attached hydrogens (tertiary/aromatic N) is 4. The summed E-state index contributed by atoms with van der Waals surface area (Å²) in [5.41, 5.74) is 4.90. The first-order valence-corrected chi connectivity index (χ1v) is 19.1. The van der Waals surface area contributed by atoms with Crippen LogP contribution < -0.4 is 10.6 Å². The van der Waals surface area contributed by atoms with Gasteiger partial charge in [-0.15, -0.1) is 0 Å². The van der Waals surface area contributed by atoms with Crippen molar-refractivity contribution in [1.29, 1.82) is 0 Å². The fourth-order valence-corrected chi connectivity index (χ4v) is 7.71. The summed E-state index contributed by atoms with van der Waals surface area (Å²) in [5, 5.41) is 5.25. The molecule has 304 valence electrons. The Morgan fingerprint density at radius 1 is 0.719 bits per heavy atom. The summed E-state index contributed by atoms with van der Waals surface area (Å²) in [6, 6.07) is 14.3. The molecule has 2 aromatic carbocycles. The van der Waals surface area contributed by atoms with E-state index in [9.17, 15) is 19.2 Å². The number of carbonyl (C=O) groups excluding carboxylic acids is 4. The maximum Gasteiger partial charge on any atom is 0.407 e. The van der Waals surface area contributed by atoms with Gasteiger partial charge in [-0.1, -0.05) is 48.5 Å². The molecular weight excluding hydrogens is 732 g/mol. The topological polar surface area (TPSA) is 193 Å². The Morgan fingerprint density at radius 3 is 1.77 bits per heavy atom. The number of imidazole rings is 2. The van der Waals surface area contributed by atoms with E-state index in [4.69, 9.17) is 23.9 Å². The number of methoxy groups -OCH3 is 4. The second-order valence-electron chi connectivity index (χ2n) is 14.6. The number of H-pyrrole nitrogens is 2. The maximum absolute atomic E-state index is 13.8. The minimum Gasteiger partial charge on any atom is -0.453 e. The monoisotopic (exact) mass is 784 g/mol. The first-order chi connectivity index (χ1) is 27.4. The van der Waals surface area contributed by atoms with Gasteiger partial charge >= 0.3 is 12.2 Å². The van der Waals surface area contributed by atoms with E-state index in [1.54, 1.807) is 36.0 Å². The molecule has 4 heterocycles. The van der Waals surface area contributed by atoms with Crippen molar-refractivity contribution >= 4 is 24.0 Å². The number of hydrogen-bond donors (Lipinski definition) is 4. The number of nitrogens with one attached hydrogen (secondary N) is 4. The molecule has 57 heavy (non-hydrogen) atoms. The molecule has 2 fully saturated rings. The SMILES string of the molecule is COC(=O)N[C@H](C(=O)N1CCCC1c1ncc(-c2ccc(-c3ccc(-c4cnc([C@@]5(C)CCCN5C(=O)[C@@H](NC(=O)OC)[C@@H](C)OC)[nH]4)cc3)cc2)[nH]1)[C@@H](C)OC. The van der Waals surface area contributed by atoms with Crippen LogP contribution in [0.1, 0.15) is 64.1 Å². The molecule has 1 unspecified atom stereocenters. The summed E-state index contributed by atoms with van der Waals surface area (Å²) in [7, 11) is 5.50. The van der Waals surface area contributed by atoms with Crippen LogP contribution in [-0.4, -0.2) is 120 Å².